The van der Waals surface area contributed by atoms with Gasteiger partial charge in [0.2, 0.25) is 0 Å². The van der Waals surface area contributed by atoms with E-state index >= 15 is 0 Å². The van der Waals surface area contributed by atoms with Crippen molar-refractivity contribution < 1.29 is 0 Å². The van der Waals surface area contributed by atoms with E-state index < -0.39 is 0 Å². The van der Waals surface area contributed by atoms with Gasteiger partial charge in [-0.05, 0) is 60.4 Å². The Balaban J connectivity index is 1.43. The Morgan fingerprint density at radius 2 is 1.26 bits per heavy atom. The minimum Gasteiger partial charge on any atom is -0.0840 e. The fourth-order valence-electron chi connectivity index (χ4n) is 4.44. The molecule has 0 N–H and O–H groups in total. The predicted molar refractivity (Wildman–Crippen MR) is 136 cm³/mol. The fraction of sp³-hybridized carbons (Fsp3) is 0.400. The lowest BCUT2D eigenvalue weighted by atomic mass is 9.87. The quantitative estimate of drug-likeness (QED) is 0.236. The molecule has 0 bridgehead atoms. The number of hydrogen-bond acceptors (Lipinski definition) is 0. The molecular formula is C30H37Cl. The van der Waals surface area contributed by atoms with E-state index in [9.17, 15) is 0 Å². The normalized spacial score (nSPS) is 11.2. The van der Waals surface area contributed by atoms with Gasteiger partial charge in [0.15, 0.2) is 0 Å². The number of benzene rings is 3. The van der Waals surface area contributed by atoms with Gasteiger partial charge in [-0.1, -0.05) is 123 Å². The second-order valence-corrected chi connectivity index (χ2v) is 9.12. The summed E-state index contributed by atoms with van der Waals surface area (Å²) in [6.45, 7) is 2.25. The van der Waals surface area contributed by atoms with Gasteiger partial charge in [0.05, 0.1) is 0 Å². The summed E-state index contributed by atoms with van der Waals surface area (Å²) in [5.41, 5.74) is 5.56. The van der Waals surface area contributed by atoms with Crippen molar-refractivity contribution in [3.05, 3.63) is 106 Å². The van der Waals surface area contributed by atoms with E-state index in [1.54, 1.807) is 0 Å². The van der Waals surface area contributed by atoms with Crippen LogP contribution in [-0.2, 0) is 12.8 Å². The average Bonchev–Trinajstić information content (AvgIpc) is 2.81. The van der Waals surface area contributed by atoms with Gasteiger partial charge >= 0.3 is 0 Å². The standard InChI is InChI=1S/C30H37Cl/c1-2-3-8-15-25-22-23-28(30(31)24-25)20-9-4-5-14-21-29(26-16-10-6-11-17-26)27-18-12-7-13-19-27/h6-7,10-13,16-19,22-24,29H,2-5,8-9,14-15,20-21H2,1H3. The second-order valence-electron chi connectivity index (χ2n) is 8.71. The number of halogens is 1. The molecule has 0 amide bonds. The van der Waals surface area contributed by atoms with Crippen LogP contribution >= 0.6 is 11.6 Å². The highest BCUT2D eigenvalue weighted by molar-refractivity contribution is 6.31. The van der Waals surface area contributed by atoms with Crippen LogP contribution in [0.25, 0.3) is 0 Å². The van der Waals surface area contributed by atoms with E-state index in [-0.39, 0.29) is 0 Å². The summed E-state index contributed by atoms with van der Waals surface area (Å²) in [6.07, 6.45) is 12.3. The first kappa shape index (κ1) is 23.6. The SMILES string of the molecule is CCCCCc1ccc(CCCCCCC(c2ccccc2)c2ccccc2)c(Cl)c1. The molecule has 3 aromatic carbocycles. The zero-order chi connectivity index (χ0) is 21.7. The summed E-state index contributed by atoms with van der Waals surface area (Å²) in [5.74, 6) is 0.497. The Bertz CT molecular complexity index is 830. The van der Waals surface area contributed by atoms with Crippen LogP contribution in [0, 0.1) is 0 Å². The highest BCUT2D eigenvalue weighted by atomic mass is 35.5. The van der Waals surface area contributed by atoms with Crippen LogP contribution in [0.1, 0.15) is 86.5 Å². The molecule has 0 aromatic heterocycles. The highest BCUT2D eigenvalue weighted by Gasteiger charge is 2.13. The van der Waals surface area contributed by atoms with Crippen LogP contribution in [0.5, 0.6) is 0 Å². The Morgan fingerprint density at radius 3 is 1.87 bits per heavy atom. The molecule has 0 unspecified atom stereocenters. The van der Waals surface area contributed by atoms with Gasteiger partial charge in [-0.3, -0.25) is 0 Å². The number of rotatable bonds is 13. The van der Waals surface area contributed by atoms with Gasteiger partial charge in [0, 0.05) is 10.9 Å². The lowest BCUT2D eigenvalue weighted by molar-refractivity contribution is 0.584. The first-order chi connectivity index (χ1) is 15.3. The van der Waals surface area contributed by atoms with Crippen molar-refractivity contribution in [2.75, 3.05) is 0 Å². The monoisotopic (exact) mass is 432 g/mol. The first-order valence-electron chi connectivity index (χ1n) is 12.1. The Kier molecular flexibility index (Phi) is 10.2. The van der Waals surface area contributed by atoms with E-state index in [0.717, 1.165) is 17.9 Å². The summed E-state index contributed by atoms with van der Waals surface area (Å²) in [4.78, 5) is 0. The number of aryl methyl sites for hydroxylation is 2. The molecule has 0 radical (unpaired) electrons. The predicted octanol–water partition coefficient (Wildman–Crippen LogP) is 9.40. The minimum atomic E-state index is 0.497. The van der Waals surface area contributed by atoms with Gasteiger partial charge in [-0.25, -0.2) is 0 Å². The van der Waals surface area contributed by atoms with Crippen LogP contribution in [0.4, 0.5) is 0 Å². The maximum absolute atomic E-state index is 6.56. The van der Waals surface area contributed by atoms with Gasteiger partial charge in [-0.2, -0.15) is 0 Å². The van der Waals surface area contributed by atoms with Crippen LogP contribution < -0.4 is 0 Å². The fourth-order valence-corrected chi connectivity index (χ4v) is 4.74. The zero-order valence-electron chi connectivity index (χ0n) is 19.0. The van der Waals surface area contributed by atoms with Crippen molar-refractivity contribution in [2.24, 2.45) is 0 Å². The molecule has 3 aromatic rings. The molecule has 0 heterocycles. The van der Waals surface area contributed by atoms with Gasteiger partial charge < -0.3 is 0 Å². The molecular weight excluding hydrogens is 396 g/mol. The van der Waals surface area contributed by atoms with Crippen molar-refractivity contribution in [3.8, 4) is 0 Å². The third-order valence-electron chi connectivity index (χ3n) is 6.28. The van der Waals surface area contributed by atoms with Gasteiger partial charge in [-0.15, -0.1) is 0 Å². The molecule has 164 valence electrons. The van der Waals surface area contributed by atoms with Gasteiger partial charge in [0.1, 0.15) is 0 Å². The summed E-state index contributed by atoms with van der Waals surface area (Å²) in [6, 6.07) is 28.6. The van der Waals surface area contributed by atoms with Crippen LogP contribution in [-0.4, -0.2) is 0 Å². The molecule has 0 nitrogen and oxygen atoms in total. The van der Waals surface area contributed by atoms with Crippen molar-refractivity contribution in [2.45, 2.75) is 77.0 Å². The summed E-state index contributed by atoms with van der Waals surface area (Å²) in [7, 11) is 0. The minimum absolute atomic E-state index is 0.497. The molecule has 0 atom stereocenters. The van der Waals surface area contributed by atoms with Crippen LogP contribution in [0.2, 0.25) is 5.02 Å². The van der Waals surface area contributed by atoms with Gasteiger partial charge in [0.25, 0.3) is 0 Å². The molecule has 0 aliphatic heterocycles. The maximum Gasteiger partial charge on any atom is 0.0440 e. The Morgan fingerprint density at radius 1 is 0.645 bits per heavy atom. The second kappa shape index (κ2) is 13.4. The molecule has 0 aliphatic carbocycles. The zero-order valence-corrected chi connectivity index (χ0v) is 19.8. The summed E-state index contributed by atoms with van der Waals surface area (Å²) >= 11 is 6.56. The number of unbranched alkanes of at least 4 members (excludes halogenated alkanes) is 5. The molecule has 0 saturated carbocycles. The number of hydrogen-bond donors (Lipinski definition) is 0. The third-order valence-corrected chi connectivity index (χ3v) is 6.63. The van der Waals surface area contributed by atoms with Crippen molar-refractivity contribution in [1.29, 1.82) is 0 Å². The van der Waals surface area contributed by atoms with E-state index in [0.29, 0.717) is 5.92 Å². The van der Waals surface area contributed by atoms with Crippen LogP contribution in [0.15, 0.2) is 78.9 Å². The molecule has 0 aliphatic rings. The molecule has 0 fully saturated rings. The lowest BCUT2D eigenvalue weighted by Gasteiger charge is -2.18. The average molecular weight is 433 g/mol. The molecule has 0 saturated heterocycles. The Labute approximate surface area is 194 Å². The van der Waals surface area contributed by atoms with E-state index in [1.807, 2.05) is 0 Å². The molecule has 31 heavy (non-hydrogen) atoms. The van der Waals surface area contributed by atoms with Crippen molar-refractivity contribution in [1.82, 2.24) is 0 Å². The highest BCUT2D eigenvalue weighted by Crippen LogP contribution is 2.30. The smallest absolute Gasteiger partial charge is 0.0440 e. The van der Waals surface area contributed by atoms with Crippen molar-refractivity contribution in [3.63, 3.8) is 0 Å². The topological polar surface area (TPSA) is 0 Å². The largest absolute Gasteiger partial charge is 0.0840 e. The molecule has 0 spiro atoms. The van der Waals surface area contributed by atoms with E-state index in [2.05, 4.69) is 85.8 Å². The third kappa shape index (κ3) is 7.86. The van der Waals surface area contributed by atoms with Crippen molar-refractivity contribution >= 4 is 11.6 Å². The Hall–Kier alpha value is -2.05. The molecule has 1 heteroatoms. The van der Waals surface area contributed by atoms with E-state index in [4.69, 9.17) is 11.6 Å². The summed E-state index contributed by atoms with van der Waals surface area (Å²) in [5, 5.41) is 0.960. The molecule has 3 rings (SSSR count). The van der Waals surface area contributed by atoms with E-state index in [1.165, 1.54) is 73.6 Å². The summed E-state index contributed by atoms with van der Waals surface area (Å²) < 4.78 is 0. The lowest BCUT2D eigenvalue weighted by Crippen LogP contribution is -2.01. The van der Waals surface area contributed by atoms with Crippen LogP contribution in [0.3, 0.4) is 0 Å². The first-order valence-corrected chi connectivity index (χ1v) is 12.5. The maximum atomic E-state index is 6.56.